The molecule has 4 rings (SSSR count). The number of quaternary nitrogens is 1. The third-order valence-electron chi connectivity index (χ3n) is 4.68. The number of aryl methyl sites for hydroxylation is 1. The van der Waals surface area contributed by atoms with Crippen LogP contribution in [0.1, 0.15) is 19.4 Å². The Balaban J connectivity index is 0.000000491. The van der Waals surface area contributed by atoms with Crippen LogP contribution in [0.4, 0.5) is 11.4 Å². The molecule has 31 heavy (non-hydrogen) atoms. The fourth-order valence-electron chi connectivity index (χ4n) is 3.52. The summed E-state index contributed by atoms with van der Waals surface area (Å²) in [6.45, 7) is 7.63. The predicted molar refractivity (Wildman–Crippen MR) is 103 cm³/mol. The number of ketones is 1. The van der Waals surface area contributed by atoms with E-state index in [4.69, 9.17) is 23.4 Å². The van der Waals surface area contributed by atoms with Crippen LogP contribution < -0.4 is 34.0 Å². The molecular formula is C21H22ClN3O6. The number of ether oxygens (including phenoxy) is 1. The molecule has 10 heteroatoms. The molecule has 0 fully saturated rings. The van der Waals surface area contributed by atoms with Gasteiger partial charge in [0.05, 0.1) is 11.3 Å². The molecule has 9 nitrogen and oxygen atoms in total. The lowest BCUT2D eigenvalue weighted by Crippen LogP contribution is -2.78. The van der Waals surface area contributed by atoms with E-state index in [-0.39, 0.29) is 5.78 Å². The Hall–Kier alpha value is -2.79. The monoisotopic (exact) mass is 447 g/mol. The van der Waals surface area contributed by atoms with Gasteiger partial charge in [-0.3, -0.25) is 15.1 Å². The van der Waals surface area contributed by atoms with Crippen molar-refractivity contribution < 1.29 is 43.7 Å². The van der Waals surface area contributed by atoms with E-state index < -0.39 is 10.2 Å². The number of nitrogens with zero attached hydrogens (tertiary/aromatic N) is 1. The highest BCUT2D eigenvalue weighted by Crippen LogP contribution is 2.37. The largest absolute Gasteiger partial charge is 0.445 e. The van der Waals surface area contributed by atoms with Gasteiger partial charge >= 0.3 is 0 Å². The Morgan fingerprint density at radius 3 is 2.55 bits per heavy atom. The molecular weight excluding hydrogens is 426 g/mol. The number of carbonyl (C=O) groups is 1. The number of nitrogens with two attached hydrogens (primary N) is 1. The second-order valence-corrected chi connectivity index (χ2v) is 7.58. The van der Waals surface area contributed by atoms with Gasteiger partial charge in [-0.25, -0.2) is 18.6 Å². The zero-order valence-electron chi connectivity index (χ0n) is 17.2. The van der Waals surface area contributed by atoms with Gasteiger partial charge in [0.15, 0.2) is 28.7 Å². The number of rotatable bonds is 3. The summed E-state index contributed by atoms with van der Waals surface area (Å²) < 4.78 is 40.2. The van der Waals surface area contributed by atoms with Crippen LogP contribution in [-0.4, -0.2) is 24.6 Å². The molecule has 0 saturated heterocycles. The summed E-state index contributed by atoms with van der Waals surface area (Å²) in [5, 5.41) is 5.41. The lowest BCUT2D eigenvalue weighted by molar-refractivity contribution is -2.00. The van der Waals surface area contributed by atoms with Crippen molar-refractivity contribution in [2.24, 2.45) is 4.99 Å². The maximum Gasteiger partial charge on any atom is 0.192 e. The third-order valence-corrected chi connectivity index (χ3v) is 4.68. The number of anilines is 1. The molecule has 0 bridgehead atoms. The van der Waals surface area contributed by atoms with Crippen LogP contribution in [0.25, 0.3) is 0 Å². The van der Waals surface area contributed by atoms with Gasteiger partial charge in [0.1, 0.15) is 0 Å². The number of halogens is 1. The van der Waals surface area contributed by atoms with Gasteiger partial charge in [0.25, 0.3) is 0 Å². The average Bonchev–Trinajstić information content (AvgIpc) is 2.67. The maximum atomic E-state index is 12.6. The van der Waals surface area contributed by atoms with Crippen LogP contribution in [0.15, 0.2) is 64.0 Å². The summed E-state index contributed by atoms with van der Waals surface area (Å²) in [5.41, 5.74) is 6.39. The van der Waals surface area contributed by atoms with E-state index in [9.17, 15) is 4.79 Å². The highest BCUT2D eigenvalue weighted by molar-refractivity contribution is 6.24. The molecule has 0 amide bonds. The number of nitrogens with one attached hydrogen (secondary N) is 1. The quantitative estimate of drug-likeness (QED) is 0.503. The average molecular weight is 448 g/mol. The summed E-state index contributed by atoms with van der Waals surface area (Å²) in [7, 11) is -4.94. The number of benzene rings is 1. The van der Waals surface area contributed by atoms with Gasteiger partial charge < -0.3 is 10.1 Å². The normalized spacial score (nSPS) is 18.2. The molecule has 0 aromatic heterocycles. The van der Waals surface area contributed by atoms with Crippen molar-refractivity contribution in [1.29, 1.82) is 0 Å². The minimum Gasteiger partial charge on any atom is -0.445 e. The summed E-state index contributed by atoms with van der Waals surface area (Å²) >= 11 is 0. The molecule has 0 spiro atoms. The van der Waals surface area contributed by atoms with Crippen molar-refractivity contribution in [3.05, 3.63) is 64.6 Å². The van der Waals surface area contributed by atoms with Gasteiger partial charge in [0.2, 0.25) is 0 Å². The Morgan fingerprint density at radius 2 is 1.90 bits per heavy atom. The van der Waals surface area contributed by atoms with Crippen molar-refractivity contribution in [2.45, 2.75) is 20.8 Å². The first kappa shape index (κ1) is 22.9. The molecule has 0 unspecified atom stereocenters. The van der Waals surface area contributed by atoms with Gasteiger partial charge in [0, 0.05) is 42.6 Å². The van der Waals surface area contributed by atoms with Gasteiger partial charge in [-0.2, -0.15) is 0 Å². The zero-order valence-corrected chi connectivity index (χ0v) is 18.0. The van der Waals surface area contributed by atoms with E-state index >= 15 is 0 Å². The van der Waals surface area contributed by atoms with Gasteiger partial charge in [-0.1, -0.05) is 12.2 Å². The van der Waals surface area contributed by atoms with Gasteiger partial charge in [-0.15, -0.1) is 10.2 Å². The lowest BCUT2D eigenvalue weighted by atomic mass is 9.86. The van der Waals surface area contributed by atoms with E-state index in [0.717, 1.165) is 46.2 Å². The fourth-order valence-corrected chi connectivity index (χ4v) is 3.52. The molecule has 0 atom stereocenters. The van der Waals surface area contributed by atoms with E-state index in [2.05, 4.69) is 35.5 Å². The van der Waals surface area contributed by atoms with Crippen molar-refractivity contribution >= 4 is 22.9 Å². The smallest absolute Gasteiger partial charge is 0.192 e. The number of aliphatic imine (C=N–C) groups is 1. The Kier molecular flexibility index (Phi) is 6.75. The first-order valence-corrected chi connectivity index (χ1v) is 10.8. The van der Waals surface area contributed by atoms with Crippen molar-refractivity contribution in [1.82, 2.24) is 0 Å². The molecule has 1 aliphatic heterocycles. The highest BCUT2D eigenvalue weighted by atomic mass is 35.7. The standard InChI is InChI=1S/C21H21N3O2.ClHO4/c1-4-22-14-10-18-16(9-12(14)3)24-21-19(26-18)11-15(23-5-2)13-7-6-8-17(25)20(13)21;2-1(3,4)5/h6-11,22,24H,4-5H2,1-3H3;(H,2,3,4,5). The van der Waals surface area contributed by atoms with Crippen LogP contribution in [0, 0.1) is 17.2 Å². The summed E-state index contributed by atoms with van der Waals surface area (Å²) in [6, 6.07) is 4.12. The number of fused-ring (bicyclic) bond motifs is 3. The first-order valence-electron chi connectivity index (χ1n) is 9.59. The zero-order chi connectivity index (χ0) is 22.8. The minimum atomic E-state index is -4.94. The lowest BCUT2D eigenvalue weighted by Gasteiger charge is -2.27. The van der Waals surface area contributed by atoms with Crippen molar-refractivity contribution in [3.63, 3.8) is 0 Å². The van der Waals surface area contributed by atoms with Gasteiger partial charge in [-0.05, 0) is 32.4 Å². The van der Waals surface area contributed by atoms with Crippen LogP contribution in [0.5, 0.6) is 5.75 Å². The van der Waals surface area contributed by atoms with Crippen LogP contribution in [-0.2, 0) is 4.79 Å². The first-order chi connectivity index (χ1) is 14.6. The number of hydrogen-bond donors (Lipinski definition) is 2. The van der Waals surface area contributed by atoms with E-state index in [1.54, 1.807) is 12.2 Å². The van der Waals surface area contributed by atoms with Crippen molar-refractivity contribution in [2.75, 3.05) is 18.4 Å². The van der Waals surface area contributed by atoms with Crippen molar-refractivity contribution in [3.8, 4) is 5.75 Å². The summed E-state index contributed by atoms with van der Waals surface area (Å²) in [5.74, 6) is 1.48. The van der Waals surface area contributed by atoms with E-state index in [0.29, 0.717) is 17.9 Å². The van der Waals surface area contributed by atoms with Crippen LogP contribution in [0.3, 0.4) is 0 Å². The second-order valence-electron chi connectivity index (χ2n) is 6.82. The Morgan fingerprint density at radius 1 is 1.19 bits per heavy atom. The number of hydrogen-bond acceptors (Lipinski definition) is 8. The second kappa shape index (κ2) is 9.15. The summed E-state index contributed by atoms with van der Waals surface area (Å²) in [4.78, 5) is 17.2. The molecule has 3 aliphatic rings. The molecule has 3 N–H and O–H groups in total. The number of carbonyl (C=O) groups excluding carboxylic acids is 1. The molecule has 1 aromatic carbocycles. The highest BCUT2D eigenvalue weighted by Gasteiger charge is 2.37. The maximum absolute atomic E-state index is 12.6. The summed E-state index contributed by atoms with van der Waals surface area (Å²) in [6.07, 6.45) is 7.28. The molecule has 1 heterocycles. The number of allylic oxidation sites excluding steroid dienone is 6. The predicted octanol–water partition coefficient (Wildman–Crippen LogP) is -2.06. The van der Waals surface area contributed by atoms with Crippen LogP contribution in [0.2, 0.25) is 0 Å². The fraction of sp³-hybridized carbons (Fsp3) is 0.238. The third kappa shape index (κ3) is 5.28. The topological polar surface area (TPSA) is 160 Å². The van der Waals surface area contributed by atoms with Crippen LogP contribution >= 0.6 is 0 Å². The SMILES string of the molecule is CCN=C1C=C2Oc3cc(NCC)c(C)cc3[NH2+]C2=C2C(=O)C=CC=C12.[O-][Cl+3]([O-])([O-])[O-]. The molecule has 0 saturated carbocycles. The Labute approximate surface area is 181 Å². The van der Waals surface area contributed by atoms with E-state index in [1.807, 2.05) is 25.1 Å². The Bertz CT molecular complexity index is 1060. The molecule has 0 radical (unpaired) electrons. The minimum absolute atomic E-state index is 0.00352. The van der Waals surface area contributed by atoms with E-state index in [1.165, 1.54) is 0 Å². The molecule has 1 aromatic rings. The molecule has 2 aliphatic carbocycles. The molecule has 164 valence electrons.